The molecule has 1 fully saturated rings. The fourth-order valence-electron chi connectivity index (χ4n) is 5.20. The zero-order valence-corrected chi connectivity index (χ0v) is 21.6. The second kappa shape index (κ2) is 9.59. The lowest BCUT2D eigenvalue weighted by atomic mass is 10.1. The molecule has 1 saturated heterocycles. The molecule has 3 aromatic heterocycles. The molecular weight excluding hydrogens is 492 g/mol. The lowest BCUT2D eigenvalue weighted by molar-refractivity contribution is 0.0945. The normalized spacial score (nSPS) is 13.9. The summed E-state index contributed by atoms with van der Waals surface area (Å²) in [6.07, 6.45) is 1.90. The third-order valence-electron chi connectivity index (χ3n) is 7.16. The molecule has 7 rings (SSSR count). The highest BCUT2D eigenvalue weighted by Crippen LogP contribution is 2.37. The van der Waals surface area contributed by atoms with Crippen LogP contribution >= 0.6 is 11.3 Å². The zero-order chi connectivity index (χ0) is 25.5. The number of thiophene rings is 1. The van der Waals surface area contributed by atoms with E-state index in [1.54, 1.807) is 11.3 Å². The van der Waals surface area contributed by atoms with E-state index in [1.807, 2.05) is 28.8 Å². The van der Waals surface area contributed by atoms with Gasteiger partial charge in [0.2, 0.25) is 0 Å². The average Bonchev–Trinajstić information content (AvgIpc) is 3.55. The fourth-order valence-corrected chi connectivity index (χ4v) is 6.29. The lowest BCUT2D eigenvalue weighted by Gasteiger charge is -2.28. The SMILES string of the molecule is O=C(NCc1ccc(N2CCOCC2)cc1)c1c(-c2ccc3sc4ccccc4c3c2)nc2ccccn12. The Labute approximate surface area is 224 Å². The van der Waals surface area contributed by atoms with Crippen molar-refractivity contribution in [2.75, 3.05) is 31.2 Å². The first-order chi connectivity index (χ1) is 18.7. The molecule has 38 heavy (non-hydrogen) atoms. The highest BCUT2D eigenvalue weighted by molar-refractivity contribution is 7.25. The predicted molar refractivity (Wildman–Crippen MR) is 154 cm³/mol. The monoisotopic (exact) mass is 518 g/mol. The van der Waals surface area contributed by atoms with Crippen molar-refractivity contribution in [1.82, 2.24) is 14.7 Å². The number of morpholine rings is 1. The van der Waals surface area contributed by atoms with Gasteiger partial charge in [-0.15, -0.1) is 11.3 Å². The molecular formula is C31H26N4O2S. The van der Waals surface area contributed by atoms with Crippen molar-refractivity contribution >= 4 is 48.8 Å². The summed E-state index contributed by atoms with van der Waals surface area (Å²) >= 11 is 1.78. The standard InChI is InChI=1S/C31H26N4O2S/c36-31(32-20-21-8-11-23(12-9-21)34-15-17-37-18-16-34)30-29(33-28-7-3-4-14-35(28)30)22-10-13-27-25(19-22)24-5-1-2-6-26(24)38-27/h1-14,19H,15-18,20H2,(H,32,36). The van der Waals surface area contributed by atoms with Gasteiger partial charge in [0.1, 0.15) is 17.0 Å². The summed E-state index contributed by atoms with van der Waals surface area (Å²) < 4.78 is 9.82. The van der Waals surface area contributed by atoms with Crippen LogP contribution in [0.25, 0.3) is 37.1 Å². The second-order valence-corrected chi connectivity index (χ2v) is 10.6. The van der Waals surface area contributed by atoms with Crippen molar-refractivity contribution in [1.29, 1.82) is 0 Å². The van der Waals surface area contributed by atoms with E-state index in [9.17, 15) is 4.79 Å². The maximum Gasteiger partial charge on any atom is 0.270 e. The van der Waals surface area contributed by atoms with Gasteiger partial charge in [0.15, 0.2) is 0 Å². The van der Waals surface area contributed by atoms with Crippen molar-refractivity contribution < 1.29 is 9.53 Å². The number of aromatic nitrogens is 2. The molecule has 188 valence electrons. The number of ether oxygens (including phenoxy) is 1. The van der Waals surface area contributed by atoms with E-state index in [2.05, 4.69) is 76.9 Å². The van der Waals surface area contributed by atoms with E-state index in [0.29, 0.717) is 17.9 Å². The van der Waals surface area contributed by atoms with Crippen molar-refractivity contribution in [2.24, 2.45) is 0 Å². The van der Waals surface area contributed by atoms with Gasteiger partial charge in [-0.3, -0.25) is 9.20 Å². The third kappa shape index (κ3) is 4.10. The van der Waals surface area contributed by atoms with Crippen LogP contribution in [0.2, 0.25) is 0 Å². The topological polar surface area (TPSA) is 58.9 Å². The Morgan fingerprint density at radius 2 is 1.68 bits per heavy atom. The molecule has 1 aliphatic heterocycles. The summed E-state index contributed by atoms with van der Waals surface area (Å²) in [6, 6.07) is 29.0. The van der Waals surface area contributed by atoms with Crippen LogP contribution < -0.4 is 10.2 Å². The molecule has 0 atom stereocenters. The molecule has 6 aromatic rings. The van der Waals surface area contributed by atoms with Crippen molar-refractivity contribution in [3.05, 3.63) is 102 Å². The molecule has 1 aliphatic rings. The van der Waals surface area contributed by atoms with Crippen LogP contribution in [0.5, 0.6) is 0 Å². The van der Waals surface area contributed by atoms with Gasteiger partial charge in [0.05, 0.1) is 13.2 Å². The number of nitrogens with zero attached hydrogens (tertiary/aromatic N) is 3. The lowest BCUT2D eigenvalue weighted by Crippen LogP contribution is -2.36. The van der Waals surface area contributed by atoms with Crippen LogP contribution in [0.15, 0.2) is 91.1 Å². The molecule has 1 amide bonds. The van der Waals surface area contributed by atoms with E-state index in [0.717, 1.165) is 43.1 Å². The largest absolute Gasteiger partial charge is 0.378 e. The molecule has 0 spiro atoms. The van der Waals surface area contributed by atoms with Gasteiger partial charge < -0.3 is 15.0 Å². The molecule has 6 nitrogen and oxygen atoms in total. The Bertz CT molecular complexity index is 1780. The minimum absolute atomic E-state index is 0.147. The maximum absolute atomic E-state index is 13.6. The van der Waals surface area contributed by atoms with E-state index in [1.165, 1.54) is 25.9 Å². The third-order valence-corrected chi connectivity index (χ3v) is 8.31. The molecule has 0 bridgehead atoms. The Balaban J connectivity index is 1.20. The summed E-state index contributed by atoms with van der Waals surface area (Å²) in [6.45, 7) is 3.76. The summed E-state index contributed by atoms with van der Waals surface area (Å²) in [7, 11) is 0. The zero-order valence-electron chi connectivity index (χ0n) is 20.8. The molecule has 0 saturated carbocycles. The number of anilines is 1. The van der Waals surface area contributed by atoms with Crippen LogP contribution in [-0.2, 0) is 11.3 Å². The molecule has 1 N–H and O–H groups in total. The predicted octanol–water partition coefficient (Wildman–Crippen LogP) is 6.14. The first-order valence-electron chi connectivity index (χ1n) is 12.8. The number of hydrogen-bond donors (Lipinski definition) is 1. The summed E-state index contributed by atoms with van der Waals surface area (Å²) in [5.41, 5.74) is 5.15. The minimum Gasteiger partial charge on any atom is -0.378 e. The van der Waals surface area contributed by atoms with Gasteiger partial charge in [-0.2, -0.15) is 0 Å². The van der Waals surface area contributed by atoms with Gasteiger partial charge in [-0.05, 0) is 48.0 Å². The molecule has 0 aliphatic carbocycles. The highest BCUT2D eigenvalue weighted by Gasteiger charge is 2.21. The van der Waals surface area contributed by atoms with Gasteiger partial charge in [-0.1, -0.05) is 42.5 Å². The quantitative estimate of drug-likeness (QED) is 0.298. The second-order valence-electron chi connectivity index (χ2n) is 9.50. The van der Waals surface area contributed by atoms with Crippen molar-refractivity contribution in [3.8, 4) is 11.3 Å². The molecule has 0 unspecified atom stereocenters. The molecule has 3 aromatic carbocycles. The maximum atomic E-state index is 13.6. The number of fused-ring (bicyclic) bond motifs is 4. The van der Waals surface area contributed by atoms with Crippen LogP contribution in [-0.4, -0.2) is 41.6 Å². The van der Waals surface area contributed by atoms with E-state index >= 15 is 0 Å². The van der Waals surface area contributed by atoms with Gasteiger partial charge in [-0.25, -0.2) is 4.98 Å². The Hall–Kier alpha value is -4.20. The first-order valence-corrected chi connectivity index (χ1v) is 13.6. The highest BCUT2D eigenvalue weighted by atomic mass is 32.1. The number of hydrogen-bond acceptors (Lipinski definition) is 5. The molecule has 4 heterocycles. The Morgan fingerprint density at radius 3 is 2.55 bits per heavy atom. The number of amides is 1. The number of imidazole rings is 1. The average molecular weight is 519 g/mol. The van der Waals surface area contributed by atoms with E-state index < -0.39 is 0 Å². The fraction of sp³-hybridized carbons (Fsp3) is 0.161. The van der Waals surface area contributed by atoms with E-state index in [-0.39, 0.29) is 5.91 Å². The van der Waals surface area contributed by atoms with Crippen molar-refractivity contribution in [2.45, 2.75) is 6.54 Å². The van der Waals surface area contributed by atoms with Crippen molar-refractivity contribution in [3.63, 3.8) is 0 Å². The number of nitrogens with one attached hydrogen (secondary N) is 1. The number of rotatable bonds is 5. The molecule has 7 heteroatoms. The Morgan fingerprint density at radius 1 is 0.895 bits per heavy atom. The number of carbonyl (C=O) groups is 1. The summed E-state index contributed by atoms with van der Waals surface area (Å²) in [4.78, 5) is 20.8. The number of benzene rings is 3. The van der Waals surface area contributed by atoms with Crippen LogP contribution in [0.1, 0.15) is 16.1 Å². The van der Waals surface area contributed by atoms with Crippen LogP contribution in [0.3, 0.4) is 0 Å². The number of carbonyl (C=O) groups excluding carboxylic acids is 1. The smallest absolute Gasteiger partial charge is 0.270 e. The first kappa shape index (κ1) is 23.0. The number of pyridine rings is 1. The van der Waals surface area contributed by atoms with E-state index in [4.69, 9.17) is 9.72 Å². The van der Waals surface area contributed by atoms with Crippen LogP contribution in [0.4, 0.5) is 5.69 Å². The van der Waals surface area contributed by atoms with Gasteiger partial charge in [0, 0.05) is 57.3 Å². The van der Waals surface area contributed by atoms with Crippen LogP contribution in [0, 0.1) is 0 Å². The summed E-state index contributed by atoms with van der Waals surface area (Å²) in [5.74, 6) is -0.147. The minimum atomic E-state index is -0.147. The van der Waals surface area contributed by atoms with Gasteiger partial charge >= 0.3 is 0 Å². The summed E-state index contributed by atoms with van der Waals surface area (Å²) in [5, 5.41) is 5.55. The molecule has 0 radical (unpaired) electrons. The van der Waals surface area contributed by atoms with Gasteiger partial charge in [0.25, 0.3) is 5.91 Å². The Kier molecular flexibility index (Phi) is 5.80.